The van der Waals surface area contributed by atoms with Gasteiger partial charge < -0.3 is 15.0 Å². The molecule has 2 fully saturated rings. The van der Waals surface area contributed by atoms with Gasteiger partial charge in [0.2, 0.25) is 5.95 Å². The zero-order chi connectivity index (χ0) is 17.8. The van der Waals surface area contributed by atoms with Gasteiger partial charge in [-0.05, 0) is 30.2 Å². The summed E-state index contributed by atoms with van der Waals surface area (Å²) in [7, 11) is 0. The highest BCUT2D eigenvalue weighted by molar-refractivity contribution is 5.42. The third-order valence-corrected chi connectivity index (χ3v) is 4.88. The minimum atomic E-state index is -0.186. The minimum Gasteiger partial charge on any atom is -0.378 e. The van der Waals surface area contributed by atoms with Crippen molar-refractivity contribution < 1.29 is 9.13 Å². The number of likely N-dealkylation sites (tertiary alicyclic amines) is 1. The zero-order valence-corrected chi connectivity index (χ0v) is 14.8. The van der Waals surface area contributed by atoms with Gasteiger partial charge >= 0.3 is 0 Å². The summed E-state index contributed by atoms with van der Waals surface area (Å²) in [6.07, 6.45) is 2.88. The van der Waals surface area contributed by atoms with E-state index in [-0.39, 0.29) is 5.82 Å². The van der Waals surface area contributed by atoms with E-state index >= 15 is 0 Å². The van der Waals surface area contributed by atoms with E-state index in [1.165, 1.54) is 12.1 Å². The van der Waals surface area contributed by atoms with Crippen LogP contribution in [-0.4, -0.2) is 60.3 Å². The van der Waals surface area contributed by atoms with Crippen LogP contribution in [0.25, 0.3) is 0 Å². The van der Waals surface area contributed by atoms with Gasteiger partial charge in [-0.15, -0.1) is 0 Å². The van der Waals surface area contributed by atoms with Crippen molar-refractivity contribution >= 4 is 11.8 Å². The molecule has 0 saturated carbocycles. The molecule has 7 heteroatoms. The fourth-order valence-corrected chi connectivity index (χ4v) is 3.50. The van der Waals surface area contributed by atoms with Gasteiger partial charge in [0.05, 0.1) is 13.2 Å². The second kappa shape index (κ2) is 7.97. The van der Waals surface area contributed by atoms with Gasteiger partial charge in [-0.3, -0.25) is 4.90 Å². The molecular formula is C19H24FN5O. The lowest BCUT2D eigenvalue weighted by Gasteiger charge is -2.27. The normalized spacial score (nSPS) is 21.1. The number of rotatable bonds is 5. The van der Waals surface area contributed by atoms with Gasteiger partial charge in [0.25, 0.3) is 0 Å². The van der Waals surface area contributed by atoms with Crippen LogP contribution >= 0.6 is 0 Å². The van der Waals surface area contributed by atoms with Crippen LogP contribution in [0.5, 0.6) is 0 Å². The van der Waals surface area contributed by atoms with Crippen molar-refractivity contribution in [3.05, 3.63) is 47.9 Å². The van der Waals surface area contributed by atoms with Crippen LogP contribution in [0.4, 0.5) is 16.2 Å². The maximum Gasteiger partial charge on any atom is 0.227 e. The first-order valence-electron chi connectivity index (χ1n) is 9.15. The van der Waals surface area contributed by atoms with Crippen molar-refractivity contribution in [2.24, 2.45) is 0 Å². The molecule has 0 amide bonds. The first-order chi connectivity index (χ1) is 12.8. The largest absolute Gasteiger partial charge is 0.378 e. The topological polar surface area (TPSA) is 53.5 Å². The maximum absolute atomic E-state index is 13.0. The average molecular weight is 357 g/mol. The van der Waals surface area contributed by atoms with Crippen LogP contribution < -0.4 is 10.2 Å². The molecule has 2 saturated heterocycles. The smallest absolute Gasteiger partial charge is 0.227 e. The molecule has 138 valence electrons. The number of nitrogens with zero attached hydrogens (tertiary/aromatic N) is 4. The summed E-state index contributed by atoms with van der Waals surface area (Å²) in [6.45, 7) is 5.94. The molecule has 3 heterocycles. The number of aromatic nitrogens is 2. The summed E-state index contributed by atoms with van der Waals surface area (Å²) in [5.74, 6) is 1.45. The molecule has 2 aromatic rings. The lowest BCUT2D eigenvalue weighted by atomic mass is 10.2. The Bertz CT molecular complexity index is 720. The summed E-state index contributed by atoms with van der Waals surface area (Å²) < 4.78 is 18.4. The molecule has 1 aromatic carbocycles. The molecule has 4 rings (SSSR count). The first-order valence-corrected chi connectivity index (χ1v) is 9.15. The Kier molecular flexibility index (Phi) is 5.26. The second-order valence-corrected chi connectivity index (χ2v) is 6.83. The van der Waals surface area contributed by atoms with Crippen LogP contribution in [0, 0.1) is 5.82 Å². The number of nitrogens with one attached hydrogen (secondary N) is 1. The molecule has 26 heavy (non-hydrogen) atoms. The SMILES string of the molecule is Fc1ccc(CN2CCC(Nc3ccnc(N4CCOCC4)n3)C2)cc1. The van der Waals surface area contributed by atoms with Crippen LogP contribution in [-0.2, 0) is 11.3 Å². The molecule has 2 aliphatic rings. The lowest BCUT2D eigenvalue weighted by Crippen LogP contribution is -2.37. The molecule has 1 atom stereocenters. The van der Waals surface area contributed by atoms with E-state index in [9.17, 15) is 4.39 Å². The highest BCUT2D eigenvalue weighted by Gasteiger charge is 2.23. The van der Waals surface area contributed by atoms with Crippen molar-refractivity contribution in [2.45, 2.75) is 19.0 Å². The maximum atomic E-state index is 13.0. The predicted octanol–water partition coefficient (Wildman–Crippen LogP) is 2.14. The summed E-state index contributed by atoms with van der Waals surface area (Å²) in [5, 5.41) is 3.53. The quantitative estimate of drug-likeness (QED) is 0.885. The van der Waals surface area contributed by atoms with Crippen molar-refractivity contribution in [1.82, 2.24) is 14.9 Å². The Hall–Kier alpha value is -2.25. The number of hydrogen-bond donors (Lipinski definition) is 1. The summed E-state index contributed by atoms with van der Waals surface area (Å²) >= 11 is 0. The first kappa shape index (κ1) is 17.2. The van der Waals surface area contributed by atoms with Gasteiger partial charge in [-0.1, -0.05) is 12.1 Å². The zero-order valence-electron chi connectivity index (χ0n) is 14.8. The van der Waals surface area contributed by atoms with E-state index in [2.05, 4.69) is 25.1 Å². The molecule has 1 N–H and O–H groups in total. The third-order valence-electron chi connectivity index (χ3n) is 4.88. The van der Waals surface area contributed by atoms with Gasteiger partial charge in [0.1, 0.15) is 11.6 Å². The molecule has 6 nitrogen and oxygen atoms in total. The number of benzene rings is 1. The third kappa shape index (κ3) is 4.28. The van der Waals surface area contributed by atoms with E-state index < -0.39 is 0 Å². The molecule has 0 aliphatic carbocycles. The number of hydrogen-bond acceptors (Lipinski definition) is 6. The standard InChI is InChI=1S/C19H24FN5O/c20-16-3-1-15(2-4-16)13-24-8-6-17(14-24)22-18-5-7-21-19(23-18)25-9-11-26-12-10-25/h1-5,7,17H,6,8-14H2,(H,21,22,23). The van der Waals surface area contributed by atoms with Gasteiger partial charge in [0, 0.05) is 45.0 Å². The van der Waals surface area contributed by atoms with Crippen molar-refractivity contribution in [1.29, 1.82) is 0 Å². The fraction of sp³-hybridized carbons (Fsp3) is 0.474. The summed E-state index contributed by atoms with van der Waals surface area (Å²) in [4.78, 5) is 13.6. The van der Waals surface area contributed by atoms with Crippen LogP contribution in [0.1, 0.15) is 12.0 Å². The number of anilines is 2. The summed E-state index contributed by atoms with van der Waals surface area (Å²) in [5.41, 5.74) is 1.14. The van der Waals surface area contributed by atoms with E-state index in [1.54, 1.807) is 0 Å². The van der Waals surface area contributed by atoms with Gasteiger partial charge in [0.15, 0.2) is 0 Å². The number of ether oxygens (including phenoxy) is 1. The predicted molar refractivity (Wildman–Crippen MR) is 98.8 cm³/mol. The average Bonchev–Trinajstić information content (AvgIpc) is 3.11. The second-order valence-electron chi connectivity index (χ2n) is 6.83. The molecule has 0 radical (unpaired) electrons. The van der Waals surface area contributed by atoms with Crippen molar-refractivity contribution in [3.8, 4) is 0 Å². The Labute approximate surface area is 153 Å². The van der Waals surface area contributed by atoms with Crippen LogP contribution in [0.15, 0.2) is 36.5 Å². The fourth-order valence-electron chi connectivity index (χ4n) is 3.50. The highest BCUT2D eigenvalue weighted by atomic mass is 19.1. The Balaban J connectivity index is 1.32. The van der Waals surface area contributed by atoms with E-state index in [1.807, 2.05) is 24.4 Å². The molecule has 0 bridgehead atoms. The molecule has 1 unspecified atom stereocenters. The van der Waals surface area contributed by atoms with E-state index in [0.717, 1.165) is 69.7 Å². The molecule has 0 spiro atoms. The summed E-state index contributed by atoms with van der Waals surface area (Å²) in [6, 6.07) is 9.05. The van der Waals surface area contributed by atoms with Crippen LogP contribution in [0.3, 0.4) is 0 Å². The van der Waals surface area contributed by atoms with E-state index in [0.29, 0.717) is 6.04 Å². The van der Waals surface area contributed by atoms with Gasteiger partial charge in [-0.2, -0.15) is 4.98 Å². The Morgan fingerprint density at radius 2 is 1.92 bits per heavy atom. The molecule has 1 aromatic heterocycles. The number of morpholine rings is 1. The highest BCUT2D eigenvalue weighted by Crippen LogP contribution is 2.19. The number of halogens is 1. The van der Waals surface area contributed by atoms with Crippen molar-refractivity contribution in [2.75, 3.05) is 49.6 Å². The van der Waals surface area contributed by atoms with E-state index in [4.69, 9.17) is 4.74 Å². The Morgan fingerprint density at radius 1 is 1.12 bits per heavy atom. The monoisotopic (exact) mass is 357 g/mol. The minimum absolute atomic E-state index is 0.186. The lowest BCUT2D eigenvalue weighted by molar-refractivity contribution is 0.122. The Morgan fingerprint density at radius 3 is 2.73 bits per heavy atom. The van der Waals surface area contributed by atoms with Gasteiger partial charge in [-0.25, -0.2) is 9.37 Å². The van der Waals surface area contributed by atoms with Crippen LogP contribution in [0.2, 0.25) is 0 Å². The van der Waals surface area contributed by atoms with Crippen molar-refractivity contribution in [3.63, 3.8) is 0 Å². The molecule has 2 aliphatic heterocycles. The molecular weight excluding hydrogens is 333 g/mol.